The maximum absolute atomic E-state index is 6.55. The number of pyridine rings is 1. The topological polar surface area (TPSA) is 50.7 Å². The number of hydrogen-bond donors (Lipinski definition) is 1. The molecule has 0 radical (unpaired) electrons. The van der Waals surface area contributed by atoms with Crippen molar-refractivity contribution in [2.45, 2.75) is 25.7 Å². The molecule has 1 N–H and O–H groups in total. The molecule has 0 fully saturated rings. The number of halogens is 2. The lowest BCUT2D eigenvalue weighted by Gasteiger charge is -2.20. The number of hydrogen-bond acceptors (Lipinski definition) is 4. The summed E-state index contributed by atoms with van der Waals surface area (Å²) in [5.74, 6) is 1.44. The standard InChI is InChI=1S/C26H24Cl2N4/c1-18-24(28)26(32-25(31-18)23-15-14-22(27)17-29-23)30-16-21(20-10-6-3-7-11-20)13-12-19-8-4-2-5-9-19/h2-11,14-15,17,21H,12-13,16H2,1H3,(H,30,31,32). The summed E-state index contributed by atoms with van der Waals surface area (Å²) in [7, 11) is 0. The molecular formula is C26H24Cl2N4. The van der Waals surface area contributed by atoms with Crippen molar-refractivity contribution in [3.05, 3.63) is 106 Å². The van der Waals surface area contributed by atoms with Crippen molar-refractivity contribution in [1.82, 2.24) is 15.0 Å². The normalized spacial score (nSPS) is 11.8. The van der Waals surface area contributed by atoms with Gasteiger partial charge in [-0.05, 0) is 43.0 Å². The van der Waals surface area contributed by atoms with Crippen molar-refractivity contribution < 1.29 is 0 Å². The van der Waals surface area contributed by atoms with Crippen LogP contribution in [0.1, 0.15) is 29.2 Å². The Morgan fingerprint density at radius 2 is 1.59 bits per heavy atom. The number of aryl methyl sites for hydroxylation is 2. The van der Waals surface area contributed by atoms with Crippen LogP contribution in [0.3, 0.4) is 0 Å². The minimum Gasteiger partial charge on any atom is -0.368 e. The Labute approximate surface area is 198 Å². The first kappa shape index (κ1) is 22.3. The molecule has 162 valence electrons. The third-order valence-corrected chi connectivity index (χ3v) is 6.06. The third kappa shape index (κ3) is 5.64. The molecule has 32 heavy (non-hydrogen) atoms. The van der Waals surface area contributed by atoms with Crippen LogP contribution in [0.15, 0.2) is 79.0 Å². The number of rotatable bonds is 8. The van der Waals surface area contributed by atoms with Crippen LogP contribution in [0.25, 0.3) is 11.5 Å². The van der Waals surface area contributed by atoms with E-state index in [0.717, 1.165) is 12.8 Å². The second-order valence-corrected chi connectivity index (χ2v) is 8.48. The summed E-state index contributed by atoms with van der Waals surface area (Å²) in [4.78, 5) is 13.5. The molecule has 0 aliphatic carbocycles. The second-order valence-electron chi connectivity index (χ2n) is 7.67. The van der Waals surface area contributed by atoms with E-state index < -0.39 is 0 Å². The van der Waals surface area contributed by atoms with E-state index in [4.69, 9.17) is 23.2 Å². The highest BCUT2D eigenvalue weighted by Gasteiger charge is 2.16. The lowest BCUT2D eigenvalue weighted by Crippen LogP contribution is -2.15. The van der Waals surface area contributed by atoms with Gasteiger partial charge in [0.15, 0.2) is 5.82 Å². The van der Waals surface area contributed by atoms with E-state index in [0.29, 0.717) is 45.5 Å². The summed E-state index contributed by atoms with van der Waals surface area (Å²) in [5, 5.41) is 4.57. The molecule has 0 saturated carbocycles. The summed E-state index contributed by atoms with van der Waals surface area (Å²) >= 11 is 12.5. The zero-order chi connectivity index (χ0) is 22.3. The van der Waals surface area contributed by atoms with Crippen LogP contribution in [0.2, 0.25) is 10.0 Å². The molecule has 1 unspecified atom stereocenters. The van der Waals surface area contributed by atoms with Crippen LogP contribution < -0.4 is 5.32 Å². The molecule has 0 bridgehead atoms. The SMILES string of the molecule is Cc1nc(-c2ccc(Cl)cn2)nc(NCC(CCc2ccccc2)c2ccccc2)c1Cl. The molecule has 0 aliphatic heterocycles. The summed E-state index contributed by atoms with van der Waals surface area (Å²) in [5.41, 5.74) is 3.98. The van der Waals surface area contributed by atoms with E-state index in [2.05, 4.69) is 68.8 Å². The zero-order valence-corrected chi connectivity index (χ0v) is 19.3. The van der Waals surface area contributed by atoms with Gasteiger partial charge < -0.3 is 5.32 Å². The molecule has 2 aromatic heterocycles. The van der Waals surface area contributed by atoms with E-state index in [1.165, 1.54) is 11.1 Å². The Morgan fingerprint density at radius 1 is 0.875 bits per heavy atom. The van der Waals surface area contributed by atoms with Gasteiger partial charge in [-0.2, -0.15) is 0 Å². The van der Waals surface area contributed by atoms with Gasteiger partial charge in [-0.3, -0.25) is 4.98 Å². The Hall–Kier alpha value is -2.95. The first-order valence-corrected chi connectivity index (χ1v) is 11.3. The molecule has 4 aromatic rings. The number of benzene rings is 2. The smallest absolute Gasteiger partial charge is 0.180 e. The minimum atomic E-state index is 0.305. The van der Waals surface area contributed by atoms with Gasteiger partial charge in [0.25, 0.3) is 0 Å². The number of anilines is 1. The minimum absolute atomic E-state index is 0.305. The monoisotopic (exact) mass is 462 g/mol. The zero-order valence-electron chi connectivity index (χ0n) is 17.8. The number of aromatic nitrogens is 3. The van der Waals surface area contributed by atoms with Gasteiger partial charge in [-0.25, -0.2) is 9.97 Å². The average Bonchev–Trinajstić information content (AvgIpc) is 2.83. The molecular weight excluding hydrogens is 439 g/mol. The number of nitrogens with zero attached hydrogens (tertiary/aromatic N) is 3. The first-order chi connectivity index (χ1) is 15.6. The summed E-state index contributed by atoms with van der Waals surface area (Å²) in [6.07, 6.45) is 3.60. The van der Waals surface area contributed by atoms with E-state index in [9.17, 15) is 0 Å². The van der Waals surface area contributed by atoms with Crippen molar-refractivity contribution in [1.29, 1.82) is 0 Å². The first-order valence-electron chi connectivity index (χ1n) is 10.6. The molecule has 0 amide bonds. The fraction of sp³-hybridized carbons (Fsp3) is 0.192. The molecule has 6 heteroatoms. The fourth-order valence-electron chi connectivity index (χ4n) is 3.62. The van der Waals surface area contributed by atoms with Gasteiger partial charge in [0, 0.05) is 18.7 Å². The maximum Gasteiger partial charge on any atom is 0.180 e. The van der Waals surface area contributed by atoms with Crippen LogP contribution in [-0.2, 0) is 6.42 Å². The van der Waals surface area contributed by atoms with Crippen LogP contribution >= 0.6 is 23.2 Å². The molecule has 4 nitrogen and oxygen atoms in total. The fourth-order valence-corrected chi connectivity index (χ4v) is 3.88. The Balaban J connectivity index is 1.55. The predicted octanol–water partition coefficient (Wildman–Crippen LogP) is 6.98. The highest BCUT2D eigenvalue weighted by atomic mass is 35.5. The van der Waals surface area contributed by atoms with Crippen LogP contribution in [0.4, 0.5) is 5.82 Å². The lowest BCUT2D eigenvalue weighted by atomic mass is 9.92. The Bertz CT molecular complexity index is 1150. The van der Waals surface area contributed by atoms with Crippen molar-refractivity contribution in [3.63, 3.8) is 0 Å². The van der Waals surface area contributed by atoms with E-state index in [1.807, 2.05) is 19.1 Å². The molecule has 1 atom stereocenters. The second kappa shape index (κ2) is 10.6. The highest BCUT2D eigenvalue weighted by molar-refractivity contribution is 6.33. The predicted molar refractivity (Wildman–Crippen MR) is 132 cm³/mol. The van der Waals surface area contributed by atoms with Crippen LogP contribution in [0, 0.1) is 6.92 Å². The van der Waals surface area contributed by atoms with Gasteiger partial charge in [-0.1, -0.05) is 83.9 Å². The van der Waals surface area contributed by atoms with Crippen molar-refractivity contribution in [2.24, 2.45) is 0 Å². The van der Waals surface area contributed by atoms with Gasteiger partial charge in [0.2, 0.25) is 0 Å². The summed E-state index contributed by atoms with van der Waals surface area (Å²) in [6, 6.07) is 24.7. The summed E-state index contributed by atoms with van der Waals surface area (Å²) < 4.78 is 0. The maximum atomic E-state index is 6.55. The highest BCUT2D eigenvalue weighted by Crippen LogP contribution is 2.28. The quantitative estimate of drug-likeness (QED) is 0.306. The molecule has 2 heterocycles. The van der Waals surface area contributed by atoms with E-state index in [1.54, 1.807) is 18.3 Å². The summed E-state index contributed by atoms with van der Waals surface area (Å²) in [6.45, 7) is 2.58. The lowest BCUT2D eigenvalue weighted by molar-refractivity contribution is 0.649. The van der Waals surface area contributed by atoms with Gasteiger partial charge in [0.1, 0.15) is 16.5 Å². The van der Waals surface area contributed by atoms with Crippen LogP contribution in [0.5, 0.6) is 0 Å². The average molecular weight is 463 g/mol. The van der Waals surface area contributed by atoms with Crippen molar-refractivity contribution in [3.8, 4) is 11.5 Å². The third-order valence-electron chi connectivity index (χ3n) is 5.38. The van der Waals surface area contributed by atoms with Crippen molar-refractivity contribution in [2.75, 3.05) is 11.9 Å². The molecule has 0 saturated heterocycles. The van der Waals surface area contributed by atoms with Gasteiger partial charge >= 0.3 is 0 Å². The number of nitrogens with one attached hydrogen (secondary N) is 1. The van der Waals surface area contributed by atoms with Crippen LogP contribution in [-0.4, -0.2) is 21.5 Å². The molecule has 0 aliphatic rings. The Kier molecular flexibility index (Phi) is 7.35. The van der Waals surface area contributed by atoms with Gasteiger partial charge in [-0.15, -0.1) is 0 Å². The molecule has 2 aromatic carbocycles. The van der Waals surface area contributed by atoms with Crippen molar-refractivity contribution >= 4 is 29.0 Å². The molecule has 4 rings (SSSR count). The molecule has 0 spiro atoms. The van der Waals surface area contributed by atoms with E-state index >= 15 is 0 Å². The largest absolute Gasteiger partial charge is 0.368 e. The Morgan fingerprint density at radius 3 is 2.28 bits per heavy atom. The van der Waals surface area contributed by atoms with E-state index in [-0.39, 0.29) is 0 Å². The van der Waals surface area contributed by atoms with Gasteiger partial charge in [0.05, 0.1) is 10.7 Å².